The summed E-state index contributed by atoms with van der Waals surface area (Å²) < 4.78 is 0.917. The fourth-order valence-electron chi connectivity index (χ4n) is 2.51. The molecule has 0 spiro atoms. The summed E-state index contributed by atoms with van der Waals surface area (Å²) in [6.07, 6.45) is 3.56. The number of hydrogen-bond acceptors (Lipinski definition) is 7. The first-order valence-electron chi connectivity index (χ1n) is 7.33. The highest BCUT2D eigenvalue weighted by molar-refractivity contribution is 8.01. The number of aliphatic imine (C=N–C) groups is 1. The Morgan fingerprint density at radius 2 is 2.08 bits per heavy atom. The molecule has 0 saturated carbocycles. The molecule has 4 rings (SSSR count). The van der Waals surface area contributed by atoms with E-state index in [0.717, 1.165) is 41.7 Å². The van der Waals surface area contributed by atoms with E-state index >= 15 is 0 Å². The summed E-state index contributed by atoms with van der Waals surface area (Å²) >= 11 is 3.19. The van der Waals surface area contributed by atoms with E-state index in [1.54, 1.807) is 42.6 Å². The van der Waals surface area contributed by atoms with Gasteiger partial charge < -0.3 is 0 Å². The molecule has 118 valence electrons. The van der Waals surface area contributed by atoms with Crippen molar-refractivity contribution in [2.45, 2.75) is 16.2 Å². The van der Waals surface area contributed by atoms with Gasteiger partial charge in [-0.1, -0.05) is 41.3 Å². The first kappa shape index (κ1) is 15.2. The highest BCUT2D eigenvalue weighted by Gasteiger charge is 2.12. The molecular weight excluding hydrogens is 338 g/mol. The number of aryl methyl sites for hydroxylation is 1. The first-order valence-corrected chi connectivity index (χ1v) is 8.96. The van der Waals surface area contributed by atoms with Gasteiger partial charge >= 0.3 is 0 Å². The van der Waals surface area contributed by atoms with Crippen LogP contribution in [0.15, 0.2) is 50.8 Å². The Balaban J connectivity index is 1.98. The lowest BCUT2D eigenvalue weighted by molar-refractivity contribution is 0.984. The monoisotopic (exact) mass is 351 g/mol. The van der Waals surface area contributed by atoms with E-state index in [1.165, 1.54) is 0 Å². The highest BCUT2D eigenvalue weighted by atomic mass is 32.2. The van der Waals surface area contributed by atoms with Crippen molar-refractivity contribution in [2.75, 3.05) is 7.05 Å². The third-order valence-electron chi connectivity index (χ3n) is 3.50. The van der Waals surface area contributed by atoms with Crippen LogP contribution in [-0.2, 0) is 0 Å². The molecule has 0 atom stereocenters. The first-order chi connectivity index (χ1) is 11.7. The quantitative estimate of drug-likeness (QED) is 0.410. The van der Waals surface area contributed by atoms with Gasteiger partial charge in [0.05, 0.1) is 16.7 Å². The van der Waals surface area contributed by atoms with Crippen LogP contribution >= 0.6 is 23.1 Å². The Kier molecular flexibility index (Phi) is 3.95. The maximum Gasteiger partial charge on any atom is 0.179 e. The average molecular weight is 351 g/mol. The van der Waals surface area contributed by atoms with E-state index < -0.39 is 0 Å². The topological polar surface area (TPSA) is 63.9 Å². The third kappa shape index (κ3) is 2.76. The minimum atomic E-state index is 0.812. The maximum absolute atomic E-state index is 4.74. The van der Waals surface area contributed by atoms with Crippen molar-refractivity contribution in [3.05, 3.63) is 47.2 Å². The van der Waals surface area contributed by atoms with E-state index in [0.29, 0.717) is 0 Å². The number of aromatic nitrogens is 4. The van der Waals surface area contributed by atoms with Gasteiger partial charge in [-0.2, -0.15) is 0 Å². The summed E-state index contributed by atoms with van der Waals surface area (Å²) in [5.41, 5.74) is 2.60. The third-order valence-corrected chi connectivity index (χ3v) is 5.45. The molecule has 7 heteroatoms. The van der Waals surface area contributed by atoms with Crippen molar-refractivity contribution in [3.8, 4) is 0 Å². The Bertz CT molecular complexity index is 1070. The van der Waals surface area contributed by atoms with Gasteiger partial charge in [-0.05, 0) is 19.1 Å². The van der Waals surface area contributed by atoms with Crippen LogP contribution in [0.4, 0.5) is 0 Å². The number of hydrogen-bond donors (Lipinski definition) is 0. The summed E-state index contributed by atoms with van der Waals surface area (Å²) in [4.78, 5) is 14.4. The Morgan fingerprint density at radius 3 is 2.88 bits per heavy atom. The van der Waals surface area contributed by atoms with Gasteiger partial charge in [-0.15, -0.1) is 10.2 Å². The van der Waals surface area contributed by atoms with Gasteiger partial charge in [0.25, 0.3) is 0 Å². The molecule has 0 bridgehead atoms. The summed E-state index contributed by atoms with van der Waals surface area (Å²) in [6, 6.07) is 10.2. The van der Waals surface area contributed by atoms with Crippen molar-refractivity contribution < 1.29 is 0 Å². The standard InChI is InChI=1S/C17H13N5S2/c1-10-21-22-17(23-10)24-14-8-12(9-18-2)20-16-13(14)6-5-11-4-3-7-19-15(11)16/h3-9H,1-2H3. The molecule has 0 unspecified atom stereocenters. The largest absolute Gasteiger partial charge is 0.294 e. The minimum absolute atomic E-state index is 0.812. The fraction of sp³-hybridized carbons (Fsp3) is 0.118. The van der Waals surface area contributed by atoms with Crippen molar-refractivity contribution in [1.82, 2.24) is 20.2 Å². The number of nitrogens with zero attached hydrogens (tertiary/aromatic N) is 5. The second-order valence-electron chi connectivity index (χ2n) is 5.16. The van der Waals surface area contributed by atoms with E-state index in [1.807, 2.05) is 25.1 Å². The number of benzene rings is 1. The molecule has 24 heavy (non-hydrogen) atoms. The lowest BCUT2D eigenvalue weighted by Crippen LogP contribution is -1.93. The zero-order valence-electron chi connectivity index (χ0n) is 13.1. The van der Waals surface area contributed by atoms with Crippen LogP contribution in [0, 0.1) is 6.92 Å². The molecule has 0 aliphatic carbocycles. The zero-order valence-corrected chi connectivity index (χ0v) is 14.7. The molecule has 0 aliphatic rings. The summed E-state index contributed by atoms with van der Waals surface area (Å²) in [5.74, 6) is 0. The molecule has 0 fully saturated rings. The van der Waals surface area contributed by atoms with Crippen LogP contribution in [0.1, 0.15) is 10.7 Å². The molecule has 0 N–H and O–H groups in total. The van der Waals surface area contributed by atoms with Gasteiger partial charge in [-0.3, -0.25) is 9.98 Å². The van der Waals surface area contributed by atoms with Crippen LogP contribution in [0.3, 0.4) is 0 Å². The molecule has 5 nitrogen and oxygen atoms in total. The molecule has 0 aliphatic heterocycles. The Hall–Kier alpha value is -2.38. The number of fused-ring (bicyclic) bond motifs is 3. The summed E-state index contributed by atoms with van der Waals surface area (Å²) in [7, 11) is 1.74. The number of pyridine rings is 2. The summed E-state index contributed by atoms with van der Waals surface area (Å²) in [6.45, 7) is 1.96. The van der Waals surface area contributed by atoms with Crippen LogP contribution < -0.4 is 0 Å². The normalized spacial score (nSPS) is 11.8. The van der Waals surface area contributed by atoms with Crippen LogP contribution in [0.2, 0.25) is 0 Å². The van der Waals surface area contributed by atoms with Crippen LogP contribution in [-0.4, -0.2) is 33.4 Å². The molecule has 1 aromatic carbocycles. The van der Waals surface area contributed by atoms with Crippen molar-refractivity contribution in [3.63, 3.8) is 0 Å². The van der Waals surface area contributed by atoms with Gasteiger partial charge in [-0.25, -0.2) is 4.98 Å². The fourth-order valence-corrected chi connectivity index (χ4v) is 4.45. The average Bonchev–Trinajstić information content (AvgIpc) is 3.00. The van der Waals surface area contributed by atoms with Gasteiger partial charge in [0.2, 0.25) is 0 Å². The van der Waals surface area contributed by atoms with E-state index in [4.69, 9.17) is 4.98 Å². The van der Waals surface area contributed by atoms with Gasteiger partial charge in [0.15, 0.2) is 4.34 Å². The lowest BCUT2D eigenvalue weighted by Gasteiger charge is -2.08. The molecule has 3 heterocycles. The van der Waals surface area contributed by atoms with Gasteiger partial charge in [0, 0.05) is 35.1 Å². The summed E-state index contributed by atoms with van der Waals surface area (Å²) in [5, 5.41) is 11.4. The molecule has 0 saturated heterocycles. The maximum atomic E-state index is 4.74. The smallest absolute Gasteiger partial charge is 0.179 e. The van der Waals surface area contributed by atoms with E-state index in [2.05, 4.69) is 32.3 Å². The van der Waals surface area contributed by atoms with Gasteiger partial charge in [0.1, 0.15) is 5.01 Å². The predicted molar refractivity (Wildman–Crippen MR) is 99.3 cm³/mol. The zero-order chi connectivity index (χ0) is 16.5. The van der Waals surface area contributed by atoms with Crippen molar-refractivity contribution in [1.29, 1.82) is 0 Å². The minimum Gasteiger partial charge on any atom is -0.294 e. The second-order valence-corrected chi connectivity index (χ2v) is 7.63. The Morgan fingerprint density at radius 1 is 1.17 bits per heavy atom. The highest BCUT2D eigenvalue weighted by Crippen LogP contribution is 2.36. The van der Waals surface area contributed by atoms with E-state index in [9.17, 15) is 0 Å². The molecule has 3 aromatic heterocycles. The SMILES string of the molecule is CN=Cc1cc(Sc2nnc(C)s2)c2ccc3cccnc3c2n1. The second kappa shape index (κ2) is 6.26. The van der Waals surface area contributed by atoms with Crippen LogP contribution in [0.5, 0.6) is 0 Å². The molecule has 0 amide bonds. The molecule has 4 aromatic rings. The lowest BCUT2D eigenvalue weighted by atomic mass is 10.1. The molecule has 0 radical (unpaired) electrons. The number of rotatable bonds is 3. The Labute approximate surface area is 146 Å². The van der Waals surface area contributed by atoms with Crippen molar-refractivity contribution >= 4 is 51.1 Å². The van der Waals surface area contributed by atoms with Crippen molar-refractivity contribution in [2.24, 2.45) is 4.99 Å². The molecular formula is C17H13N5S2. The van der Waals surface area contributed by atoms with Crippen LogP contribution in [0.25, 0.3) is 21.8 Å². The van der Waals surface area contributed by atoms with E-state index in [-0.39, 0.29) is 0 Å². The predicted octanol–water partition coefficient (Wildman–Crippen LogP) is 4.14.